The van der Waals surface area contributed by atoms with Gasteiger partial charge < -0.3 is 4.74 Å². The molecule has 1 heterocycles. The van der Waals surface area contributed by atoms with Gasteiger partial charge in [0.05, 0.1) is 18.0 Å². The maximum atomic E-state index is 12.4. The first-order chi connectivity index (χ1) is 9.63. The minimum atomic E-state index is -3.38. The van der Waals surface area contributed by atoms with E-state index in [1.807, 2.05) is 30.3 Å². The predicted octanol–water partition coefficient (Wildman–Crippen LogP) is 2.44. The van der Waals surface area contributed by atoms with Crippen LogP contribution >= 0.6 is 0 Å². The van der Waals surface area contributed by atoms with E-state index in [0.29, 0.717) is 11.4 Å². The molecule has 5 heteroatoms. The predicted molar refractivity (Wildman–Crippen MR) is 76.1 cm³/mol. The lowest BCUT2D eigenvalue weighted by atomic mass is 10.1. The average molecular weight is 289 g/mol. The minimum absolute atomic E-state index is 0.0638. The third kappa shape index (κ3) is 2.30. The van der Waals surface area contributed by atoms with Crippen molar-refractivity contribution in [3.8, 4) is 5.75 Å². The summed E-state index contributed by atoms with van der Waals surface area (Å²) in [6, 6.07) is 16.0. The van der Waals surface area contributed by atoms with Crippen molar-refractivity contribution >= 4 is 10.0 Å². The molecule has 0 bridgehead atoms. The van der Waals surface area contributed by atoms with E-state index in [9.17, 15) is 8.42 Å². The first-order valence-corrected chi connectivity index (χ1v) is 7.78. The Morgan fingerprint density at radius 3 is 2.30 bits per heavy atom. The average Bonchev–Trinajstić information content (AvgIpc) is 3.29. The highest BCUT2D eigenvalue weighted by molar-refractivity contribution is 7.89. The van der Waals surface area contributed by atoms with Gasteiger partial charge in [0, 0.05) is 6.54 Å². The molecule has 1 aliphatic heterocycles. The third-order valence-electron chi connectivity index (χ3n) is 3.42. The maximum absolute atomic E-state index is 12.4. The first-order valence-electron chi connectivity index (χ1n) is 6.34. The van der Waals surface area contributed by atoms with Crippen LogP contribution in [0.1, 0.15) is 11.6 Å². The highest BCUT2D eigenvalue weighted by Gasteiger charge is 2.45. The molecule has 4 nitrogen and oxygen atoms in total. The van der Waals surface area contributed by atoms with E-state index in [1.54, 1.807) is 31.4 Å². The number of hydrogen-bond acceptors (Lipinski definition) is 3. The zero-order chi connectivity index (χ0) is 14.2. The number of sulfonamides is 1. The van der Waals surface area contributed by atoms with Crippen molar-refractivity contribution in [2.75, 3.05) is 13.7 Å². The van der Waals surface area contributed by atoms with Crippen molar-refractivity contribution in [1.29, 1.82) is 0 Å². The molecule has 104 valence electrons. The normalized spacial score (nSPS) is 21.4. The SMILES string of the molecule is COc1ccc(C2CN2S(=O)(=O)c2ccccc2)cc1. The summed E-state index contributed by atoms with van der Waals surface area (Å²) in [7, 11) is -1.77. The Morgan fingerprint density at radius 2 is 1.70 bits per heavy atom. The van der Waals surface area contributed by atoms with Gasteiger partial charge in [-0.1, -0.05) is 30.3 Å². The Morgan fingerprint density at radius 1 is 1.05 bits per heavy atom. The van der Waals surface area contributed by atoms with Crippen LogP contribution in [0.3, 0.4) is 0 Å². The lowest BCUT2D eigenvalue weighted by Gasteiger charge is -2.07. The summed E-state index contributed by atoms with van der Waals surface area (Å²) >= 11 is 0. The van der Waals surface area contributed by atoms with Gasteiger partial charge in [-0.3, -0.25) is 0 Å². The highest BCUT2D eigenvalue weighted by atomic mass is 32.2. The third-order valence-corrected chi connectivity index (χ3v) is 5.31. The Labute approximate surface area is 118 Å². The van der Waals surface area contributed by atoms with E-state index in [2.05, 4.69) is 0 Å². The Bertz CT molecular complexity index is 696. The Balaban J connectivity index is 1.81. The summed E-state index contributed by atoms with van der Waals surface area (Å²) in [5.41, 5.74) is 0.991. The van der Waals surface area contributed by atoms with Crippen LogP contribution in [0.2, 0.25) is 0 Å². The second-order valence-electron chi connectivity index (χ2n) is 4.68. The Hall–Kier alpha value is -1.85. The van der Waals surface area contributed by atoms with Gasteiger partial charge in [-0.2, -0.15) is 4.31 Å². The molecule has 0 aliphatic carbocycles. The van der Waals surface area contributed by atoms with Crippen LogP contribution in [0, 0.1) is 0 Å². The van der Waals surface area contributed by atoms with E-state index in [1.165, 1.54) is 4.31 Å². The van der Waals surface area contributed by atoms with Crippen LogP contribution in [-0.4, -0.2) is 26.4 Å². The van der Waals surface area contributed by atoms with Crippen molar-refractivity contribution < 1.29 is 13.2 Å². The molecule has 1 saturated heterocycles. The van der Waals surface area contributed by atoms with Gasteiger partial charge in [-0.15, -0.1) is 0 Å². The van der Waals surface area contributed by atoms with Crippen molar-refractivity contribution in [2.24, 2.45) is 0 Å². The molecule has 2 aromatic rings. The molecular weight excluding hydrogens is 274 g/mol. The fraction of sp³-hybridized carbons (Fsp3) is 0.200. The van der Waals surface area contributed by atoms with Crippen molar-refractivity contribution in [3.63, 3.8) is 0 Å². The van der Waals surface area contributed by atoms with Crippen molar-refractivity contribution in [2.45, 2.75) is 10.9 Å². The standard InChI is InChI=1S/C15H15NO3S/c1-19-13-9-7-12(8-10-13)15-11-16(15)20(17,18)14-5-3-2-4-6-14/h2-10,15H,11H2,1H3. The van der Waals surface area contributed by atoms with E-state index in [0.717, 1.165) is 11.3 Å². The quantitative estimate of drug-likeness (QED) is 0.812. The largest absolute Gasteiger partial charge is 0.497 e. The lowest BCUT2D eigenvalue weighted by Crippen LogP contribution is -2.12. The number of nitrogens with zero attached hydrogens (tertiary/aromatic N) is 1. The van der Waals surface area contributed by atoms with E-state index < -0.39 is 10.0 Å². The Kier molecular flexibility index (Phi) is 3.23. The summed E-state index contributed by atoms with van der Waals surface area (Å²) in [6.45, 7) is 0.531. The van der Waals surface area contributed by atoms with Gasteiger partial charge in [-0.05, 0) is 29.8 Å². The van der Waals surface area contributed by atoms with Gasteiger partial charge in [0.15, 0.2) is 0 Å². The van der Waals surface area contributed by atoms with Gasteiger partial charge in [0.25, 0.3) is 0 Å². The fourth-order valence-corrected chi connectivity index (χ4v) is 3.78. The number of hydrogen-bond donors (Lipinski definition) is 0. The molecule has 2 unspecified atom stereocenters. The molecule has 0 saturated carbocycles. The molecule has 0 N–H and O–H groups in total. The molecular formula is C15H15NO3S. The van der Waals surface area contributed by atoms with Gasteiger partial charge in [-0.25, -0.2) is 8.42 Å². The van der Waals surface area contributed by atoms with Crippen LogP contribution in [0.25, 0.3) is 0 Å². The van der Waals surface area contributed by atoms with Crippen molar-refractivity contribution in [1.82, 2.24) is 4.31 Å². The molecule has 0 radical (unpaired) electrons. The number of benzene rings is 2. The van der Waals surface area contributed by atoms with Crippen LogP contribution in [0.15, 0.2) is 59.5 Å². The molecule has 2 aromatic carbocycles. The number of rotatable bonds is 4. The molecule has 1 fully saturated rings. The van der Waals surface area contributed by atoms with Crippen LogP contribution in [-0.2, 0) is 10.0 Å². The monoisotopic (exact) mass is 289 g/mol. The van der Waals surface area contributed by atoms with Crippen molar-refractivity contribution in [3.05, 3.63) is 60.2 Å². The fourth-order valence-electron chi connectivity index (χ4n) is 2.21. The minimum Gasteiger partial charge on any atom is -0.497 e. The molecule has 1 aliphatic rings. The van der Waals surface area contributed by atoms with Crippen LogP contribution in [0.4, 0.5) is 0 Å². The van der Waals surface area contributed by atoms with Crippen LogP contribution < -0.4 is 4.74 Å². The van der Waals surface area contributed by atoms with Crippen LogP contribution in [0.5, 0.6) is 5.75 Å². The molecule has 20 heavy (non-hydrogen) atoms. The summed E-state index contributed by atoms with van der Waals surface area (Å²) in [6.07, 6.45) is 0. The number of ether oxygens (including phenoxy) is 1. The van der Waals surface area contributed by atoms with E-state index >= 15 is 0 Å². The summed E-state index contributed by atoms with van der Waals surface area (Å²) in [5, 5.41) is 0. The van der Waals surface area contributed by atoms with Gasteiger partial charge >= 0.3 is 0 Å². The summed E-state index contributed by atoms with van der Waals surface area (Å²) in [4.78, 5) is 0.344. The zero-order valence-corrected chi connectivity index (χ0v) is 11.9. The summed E-state index contributed by atoms with van der Waals surface area (Å²) < 4.78 is 31.4. The lowest BCUT2D eigenvalue weighted by molar-refractivity contribution is 0.414. The topological polar surface area (TPSA) is 46.4 Å². The second kappa shape index (κ2) is 4.92. The van der Waals surface area contributed by atoms with Gasteiger partial charge in [0.2, 0.25) is 10.0 Å². The molecule has 0 aromatic heterocycles. The highest BCUT2D eigenvalue weighted by Crippen LogP contribution is 2.40. The summed E-state index contributed by atoms with van der Waals surface area (Å²) in [5.74, 6) is 0.770. The molecule has 0 spiro atoms. The first kappa shape index (κ1) is 13.1. The number of methoxy groups -OCH3 is 1. The van der Waals surface area contributed by atoms with E-state index in [4.69, 9.17) is 4.74 Å². The molecule has 2 atom stereocenters. The maximum Gasteiger partial charge on any atom is 0.243 e. The second-order valence-corrected chi connectivity index (χ2v) is 6.57. The molecule has 3 rings (SSSR count). The van der Waals surface area contributed by atoms with E-state index in [-0.39, 0.29) is 6.04 Å². The zero-order valence-electron chi connectivity index (χ0n) is 11.1. The smallest absolute Gasteiger partial charge is 0.243 e. The van der Waals surface area contributed by atoms with Gasteiger partial charge in [0.1, 0.15) is 5.75 Å². The molecule has 0 amide bonds.